The highest BCUT2D eigenvalue weighted by Crippen LogP contribution is 2.30. The van der Waals surface area contributed by atoms with Gasteiger partial charge in [-0.1, -0.05) is 54.4 Å². The maximum atomic E-state index is 6.20. The molecule has 0 spiro atoms. The first-order chi connectivity index (χ1) is 9.60. The average molecular weight is 285 g/mol. The fourth-order valence-electron chi connectivity index (χ4n) is 2.45. The molecule has 1 nitrogen and oxygen atoms in total. The summed E-state index contributed by atoms with van der Waals surface area (Å²) >= 11 is 1.88. The monoisotopic (exact) mass is 285 g/mol. The van der Waals surface area contributed by atoms with Gasteiger partial charge in [-0.05, 0) is 37.5 Å². The molecule has 0 aromatic heterocycles. The number of rotatable bonds is 5. The van der Waals surface area contributed by atoms with Crippen molar-refractivity contribution in [3.8, 4) is 0 Å². The molecule has 2 aromatic rings. The van der Waals surface area contributed by atoms with Crippen molar-refractivity contribution >= 4 is 11.8 Å². The van der Waals surface area contributed by atoms with Crippen LogP contribution in [0.5, 0.6) is 0 Å². The number of aryl methyl sites for hydroxylation is 2. The molecule has 0 saturated carbocycles. The Morgan fingerprint density at radius 2 is 1.70 bits per heavy atom. The molecule has 0 bridgehead atoms. The highest BCUT2D eigenvalue weighted by atomic mass is 32.2. The Bertz CT molecular complexity index is 557. The summed E-state index contributed by atoms with van der Waals surface area (Å²) in [5.41, 5.74) is 11.5. The zero-order chi connectivity index (χ0) is 14.5. The van der Waals surface area contributed by atoms with Crippen LogP contribution in [0.3, 0.4) is 0 Å². The lowest BCUT2D eigenvalue weighted by Gasteiger charge is -2.14. The lowest BCUT2D eigenvalue weighted by molar-refractivity contribution is 0.685. The molecule has 0 saturated heterocycles. The lowest BCUT2D eigenvalue weighted by Crippen LogP contribution is -2.09. The predicted molar refractivity (Wildman–Crippen MR) is 89.1 cm³/mol. The topological polar surface area (TPSA) is 26.0 Å². The van der Waals surface area contributed by atoms with E-state index in [-0.39, 0.29) is 6.04 Å². The summed E-state index contributed by atoms with van der Waals surface area (Å²) in [7, 11) is 0. The van der Waals surface area contributed by atoms with E-state index in [1.54, 1.807) is 0 Å². The minimum Gasteiger partial charge on any atom is -0.324 e. The van der Waals surface area contributed by atoms with Gasteiger partial charge in [-0.2, -0.15) is 0 Å². The van der Waals surface area contributed by atoms with E-state index < -0.39 is 0 Å². The third kappa shape index (κ3) is 3.87. The molecule has 2 aromatic carbocycles. The summed E-state index contributed by atoms with van der Waals surface area (Å²) in [4.78, 5) is 1.31. The van der Waals surface area contributed by atoms with Gasteiger partial charge >= 0.3 is 0 Å². The van der Waals surface area contributed by atoms with Crippen LogP contribution in [-0.4, -0.2) is 0 Å². The second-order valence-corrected chi connectivity index (χ2v) is 6.35. The van der Waals surface area contributed by atoms with Crippen molar-refractivity contribution in [3.05, 3.63) is 64.7 Å². The second-order valence-electron chi connectivity index (χ2n) is 5.34. The quantitative estimate of drug-likeness (QED) is 0.782. The first kappa shape index (κ1) is 15.1. The molecular weight excluding hydrogens is 262 g/mol. The van der Waals surface area contributed by atoms with Gasteiger partial charge in [0.05, 0.1) is 0 Å². The molecule has 106 valence electrons. The molecule has 1 atom stereocenters. The highest BCUT2D eigenvalue weighted by molar-refractivity contribution is 7.98. The molecule has 0 aliphatic rings. The number of thioether (sulfide) groups is 1. The molecule has 0 unspecified atom stereocenters. The van der Waals surface area contributed by atoms with E-state index in [2.05, 4.69) is 63.2 Å². The van der Waals surface area contributed by atoms with Gasteiger partial charge in [-0.3, -0.25) is 0 Å². The Morgan fingerprint density at radius 3 is 2.35 bits per heavy atom. The SMILES string of the molecule is CC[C@@H](N)c1ccccc1SCc1cc(C)cc(C)c1. The molecule has 2 N–H and O–H groups in total. The normalized spacial score (nSPS) is 12.4. The van der Waals surface area contributed by atoms with Crippen molar-refractivity contribution in [2.45, 2.75) is 43.9 Å². The van der Waals surface area contributed by atoms with Crippen molar-refractivity contribution in [3.63, 3.8) is 0 Å². The Balaban J connectivity index is 2.14. The summed E-state index contributed by atoms with van der Waals surface area (Å²) in [6.45, 7) is 6.44. The third-order valence-electron chi connectivity index (χ3n) is 3.43. The average Bonchev–Trinajstić information content (AvgIpc) is 2.43. The van der Waals surface area contributed by atoms with Gasteiger partial charge in [0.2, 0.25) is 0 Å². The minimum atomic E-state index is 0.137. The molecular formula is C18H23NS. The van der Waals surface area contributed by atoms with Crippen molar-refractivity contribution in [2.75, 3.05) is 0 Å². The first-order valence-electron chi connectivity index (χ1n) is 7.14. The summed E-state index contributed by atoms with van der Waals surface area (Å²) in [6, 6.07) is 15.4. The predicted octanol–water partition coefficient (Wildman–Crippen LogP) is 5.01. The Kier molecular flexibility index (Phi) is 5.27. The Hall–Kier alpha value is -1.25. The van der Waals surface area contributed by atoms with Crippen LogP contribution >= 0.6 is 11.8 Å². The van der Waals surface area contributed by atoms with Crippen LogP contribution in [0.4, 0.5) is 0 Å². The van der Waals surface area contributed by atoms with Gasteiger partial charge in [0.1, 0.15) is 0 Å². The summed E-state index contributed by atoms with van der Waals surface area (Å²) in [5.74, 6) is 0.996. The smallest absolute Gasteiger partial charge is 0.0303 e. The fourth-order valence-corrected chi connectivity index (χ4v) is 3.50. The van der Waals surface area contributed by atoms with E-state index in [0.29, 0.717) is 0 Å². The molecule has 0 radical (unpaired) electrons. The van der Waals surface area contributed by atoms with E-state index in [1.807, 2.05) is 11.8 Å². The highest BCUT2D eigenvalue weighted by Gasteiger charge is 2.09. The summed E-state index contributed by atoms with van der Waals surface area (Å²) in [6.07, 6.45) is 0.973. The number of hydrogen-bond acceptors (Lipinski definition) is 2. The van der Waals surface area contributed by atoms with Crippen LogP contribution in [0.15, 0.2) is 47.4 Å². The van der Waals surface area contributed by atoms with Crippen LogP contribution in [-0.2, 0) is 5.75 Å². The van der Waals surface area contributed by atoms with E-state index in [4.69, 9.17) is 5.73 Å². The van der Waals surface area contributed by atoms with E-state index in [9.17, 15) is 0 Å². The molecule has 0 aliphatic carbocycles. The van der Waals surface area contributed by atoms with Crippen molar-refractivity contribution in [1.82, 2.24) is 0 Å². The molecule has 0 fully saturated rings. The summed E-state index contributed by atoms with van der Waals surface area (Å²) in [5, 5.41) is 0. The second kappa shape index (κ2) is 6.96. The molecule has 2 heteroatoms. The van der Waals surface area contributed by atoms with Gasteiger partial charge in [0.15, 0.2) is 0 Å². The van der Waals surface area contributed by atoms with Gasteiger partial charge in [0.25, 0.3) is 0 Å². The Labute approximate surface area is 126 Å². The van der Waals surface area contributed by atoms with E-state index >= 15 is 0 Å². The molecule has 0 aliphatic heterocycles. The minimum absolute atomic E-state index is 0.137. The molecule has 20 heavy (non-hydrogen) atoms. The standard InChI is InChI=1S/C18H23NS/c1-4-17(19)16-7-5-6-8-18(16)20-12-15-10-13(2)9-14(3)11-15/h5-11,17H,4,12,19H2,1-3H3/t17-/m1/s1. The summed E-state index contributed by atoms with van der Waals surface area (Å²) < 4.78 is 0. The van der Waals surface area contributed by atoms with Gasteiger partial charge in [0, 0.05) is 16.7 Å². The maximum absolute atomic E-state index is 6.20. The molecule has 0 amide bonds. The van der Waals surface area contributed by atoms with E-state index in [0.717, 1.165) is 12.2 Å². The van der Waals surface area contributed by atoms with E-state index in [1.165, 1.54) is 27.1 Å². The Morgan fingerprint density at radius 1 is 1.05 bits per heavy atom. The zero-order valence-corrected chi connectivity index (χ0v) is 13.3. The van der Waals surface area contributed by atoms with Crippen molar-refractivity contribution in [2.24, 2.45) is 5.73 Å². The number of hydrogen-bond donors (Lipinski definition) is 1. The van der Waals surface area contributed by atoms with Crippen LogP contribution in [0.1, 0.15) is 41.6 Å². The molecule has 2 rings (SSSR count). The lowest BCUT2D eigenvalue weighted by atomic mass is 10.1. The van der Waals surface area contributed by atoms with Crippen LogP contribution in [0.25, 0.3) is 0 Å². The van der Waals surface area contributed by atoms with Gasteiger partial charge in [-0.15, -0.1) is 11.8 Å². The van der Waals surface area contributed by atoms with Crippen LogP contribution < -0.4 is 5.73 Å². The number of nitrogens with two attached hydrogens (primary N) is 1. The van der Waals surface area contributed by atoms with Crippen molar-refractivity contribution < 1.29 is 0 Å². The maximum Gasteiger partial charge on any atom is 0.0303 e. The third-order valence-corrected chi connectivity index (χ3v) is 4.59. The van der Waals surface area contributed by atoms with Crippen LogP contribution in [0.2, 0.25) is 0 Å². The largest absolute Gasteiger partial charge is 0.324 e. The van der Waals surface area contributed by atoms with Gasteiger partial charge < -0.3 is 5.73 Å². The zero-order valence-electron chi connectivity index (χ0n) is 12.5. The van der Waals surface area contributed by atoms with Gasteiger partial charge in [-0.25, -0.2) is 0 Å². The van der Waals surface area contributed by atoms with Crippen molar-refractivity contribution in [1.29, 1.82) is 0 Å². The number of benzene rings is 2. The first-order valence-corrected chi connectivity index (χ1v) is 8.13. The fraction of sp³-hybridized carbons (Fsp3) is 0.333. The van der Waals surface area contributed by atoms with Crippen LogP contribution in [0, 0.1) is 13.8 Å². The molecule has 0 heterocycles.